The molecule has 0 aliphatic carbocycles. The zero-order valence-corrected chi connectivity index (χ0v) is 11.0. The molecule has 1 aromatic rings. The van der Waals surface area contributed by atoms with Gasteiger partial charge in [0.15, 0.2) is 11.6 Å². The van der Waals surface area contributed by atoms with Gasteiger partial charge >= 0.3 is 0 Å². The third kappa shape index (κ3) is 3.84. The first-order valence-electron chi connectivity index (χ1n) is 5.95. The van der Waals surface area contributed by atoms with E-state index in [-0.39, 0.29) is 17.5 Å². The van der Waals surface area contributed by atoms with Gasteiger partial charge in [-0.25, -0.2) is 8.78 Å². The minimum Gasteiger partial charge on any atom is -0.494 e. The Kier molecular flexibility index (Phi) is 5.34. The summed E-state index contributed by atoms with van der Waals surface area (Å²) >= 11 is 0. The van der Waals surface area contributed by atoms with Crippen molar-refractivity contribution in [3.8, 4) is 5.75 Å². The molecule has 0 aromatic heterocycles. The first-order chi connectivity index (χ1) is 8.45. The van der Waals surface area contributed by atoms with E-state index >= 15 is 0 Å². The lowest BCUT2D eigenvalue weighted by molar-refractivity contribution is 0.383. The van der Waals surface area contributed by atoms with E-state index in [1.54, 1.807) is 11.9 Å². The van der Waals surface area contributed by atoms with Crippen molar-refractivity contribution >= 4 is 5.69 Å². The highest BCUT2D eigenvalue weighted by Crippen LogP contribution is 2.26. The van der Waals surface area contributed by atoms with Crippen LogP contribution in [0.3, 0.4) is 0 Å². The fraction of sp³-hybridized carbons (Fsp3) is 0.538. The Hall–Kier alpha value is -1.36. The maximum atomic E-state index is 13.7. The fourth-order valence-electron chi connectivity index (χ4n) is 1.74. The molecule has 1 aromatic carbocycles. The van der Waals surface area contributed by atoms with Gasteiger partial charge in [0, 0.05) is 31.8 Å². The van der Waals surface area contributed by atoms with Crippen LogP contribution in [0.2, 0.25) is 0 Å². The monoisotopic (exact) mass is 258 g/mol. The Labute approximate surface area is 107 Å². The van der Waals surface area contributed by atoms with Crippen molar-refractivity contribution in [3.63, 3.8) is 0 Å². The number of anilines is 1. The van der Waals surface area contributed by atoms with E-state index in [2.05, 4.69) is 0 Å². The van der Waals surface area contributed by atoms with E-state index < -0.39 is 11.6 Å². The summed E-state index contributed by atoms with van der Waals surface area (Å²) in [7, 11) is 3.04. The van der Waals surface area contributed by atoms with Crippen LogP contribution in [0.15, 0.2) is 12.1 Å². The van der Waals surface area contributed by atoms with E-state index in [0.717, 1.165) is 25.0 Å². The molecule has 18 heavy (non-hydrogen) atoms. The molecule has 1 unspecified atom stereocenters. The highest BCUT2D eigenvalue weighted by Gasteiger charge is 2.13. The van der Waals surface area contributed by atoms with Crippen LogP contribution in [-0.2, 0) is 0 Å². The molecule has 0 amide bonds. The second-order valence-corrected chi connectivity index (χ2v) is 4.48. The Morgan fingerprint density at radius 2 is 2.00 bits per heavy atom. The Morgan fingerprint density at radius 3 is 2.56 bits per heavy atom. The average molecular weight is 258 g/mol. The van der Waals surface area contributed by atoms with E-state index in [0.29, 0.717) is 6.54 Å². The number of nitrogens with zero attached hydrogens (tertiary/aromatic N) is 1. The van der Waals surface area contributed by atoms with Crippen LogP contribution >= 0.6 is 0 Å². The SMILES string of the molecule is COc1cc(F)c(N(C)CCCC(C)N)cc1F. The number of hydrogen-bond donors (Lipinski definition) is 1. The maximum absolute atomic E-state index is 13.7. The molecule has 0 spiro atoms. The van der Waals surface area contributed by atoms with Crippen molar-refractivity contribution in [2.45, 2.75) is 25.8 Å². The summed E-state index contributed by atoms with van der Waals surface area (Å²) in [5, 5.41) is 0. The van der Waals surface area contributed by atoms with Gasteiger partial charge in [-0.2, -0.15) is 0 Å². The van der Waals surface area contributed by atoms with Gasteiger partial charge < -0.3 is 15.4 Å². The van der Waals surface area contributed by atoms with Gasteiger partial charge in [0.1, 0.15) is 5.82 Å². The smallest absolute Gasteiger partial charge is 0.167 e. The Balaban J connectivity index is 2.73. The van der Waals surface area contributed by atoms with Gasteiger partial charge in [0.05, 0.1) is 12.8 Å². The second kappa shape index (κ2) is 6.54. The number of nitrogens with two attached hydrogens (primary N) is 1. The lowest BCUT2D eigenvalue weighted by atomic mass is 10.2. The lowest BCUT2D eigenvalue weighted by Gasteiger charge is -2.21. The normalized spacial score (nSPS) is 12.3. The summed E-state index contributed by atoms with van der Waals surface area (Å²) in [6.07, 6.45) is 1.69. The van der Waals surface area contributed by atoms with E-state index in [1.807, 2.05) is 6.92 Å². The fourth-order valence-corrected chi connectivity index (χ4v) is 1.74. The number of benzene rings is 1. The molecule has 0 aliphatic rings. The number of ether oxygens (including phenoxy) is 1. The molecule has 2 N–H and O–H groups in total. The molecule has 3 nitrogen and oxygen atoms in total. The molecule has 1 rings (SSSR count). The van der Waals surface area contributed by atoms with E-state index in [9.17, 15) is 8.78 Å². The quantitative estimate of drug-likeness (QED) is 0.852. The van der Waals surface area contributed by atoms with Crippen LogP contribution in [0.5, 0.6) is 5.75 Å². The van der Waals surface area contributed by atoms with Gasteiger partial charge in [-0.3, -0.25) is 0 Å². The molecule has 0 aliphatic heterocycles. The third-order valence-corrected chi connectivity index (χ3v) is 2.79. The first kappa shape index (κ1) is 14.7. The van der Waals surface area contributed by atoms with Crippen molar-refractivity contribution in [1.82, 2.24) is 0 Å². The molecule has 0 radical (unpaired) electrons. The minimum absolute atomic E-state index is 0.0831. The van der Waals surface area contributed by atoms with Crippen LogP contribution in [0.4, 0.5) is 14.5 Å². The molecular formula is C13H20F2N2O. The molecule has 5 heteroatoms. The molecule has 0 heterocycles. The highest BCUT2D eigenvalue weighted by molar-refractivity contribution is 5.50. The molecule has 0 bridgehead atoms. The van der Waals surface area contributed by atoms with Crippen LogP contribution < -0.4 is 15.4 Å². The minimum atomic E-state index is -0.562. The molecule has 1 atom stereocenters. The number of methoxy groups -OCH3 is 1. The predicted octanol–water partition coefficient (Wildman–Crippen LogP) is 2.54. The molecule has 0 saturated carbocycles. The van der Waals surface area contributed by atoms with Crippen molar-refractivity contribution in [3.05, 3.63) is 23.8 Å². The zero-order chi connectivity index (χ0) is 13.7. The summed E-state index contributed by atoms with van der Waals surface area (Å²) in [6.45, 7) is 2.55. The standard InChI is InChI=1S/C13H20F2N2O/c1-9(16)5-4-6-17(2)12-7-11(15)13(18-3)8-10(12)14/h7-9H,4-6,16H2,1-3H3. The Bertz CT molecular complexity index is 397. The largest absolute Gasteiger partial charge is 0.494 e. The maximum Gasteiger partial charge on any atom is 0.167 e. The number of hydrogen-bond acceptors (Lipinski definition) is 3. The van der Waals surface area contributed by atoms with Crippen molar-refractivity contribution in [2.75, 3.05) is 25.6 Å². The lowest BCUT2D eigenvalue weighted by Crippen LogP contribution is -2.23. The number of halogens is 2. The Morgan fingerprint density at radius 1 is 1.33 bits per heavy atom. The van der Waals surface area contributed by atoms with Crippen LogP contribution in [0.1, 0.15) is 19.8 Å². The van der Waals surface area contributed by atoms with Gasteiger partial charge in [0.2, 0.25) is 0 Å². The van der Waals surface area contributed by atoms with Crippen LogP contribution in [0, 0.1) is 11.6 Å². The topological polar surface area (TPSA) is 38.5 Å². The summed E-state index contributed by atoms with van der Waals surface area (Å²) in [6, 6.07) is 2.34. The van der Waals surface area contributed by atoms with Gasteiger partial charge in [-0.1, -0.05) is 0 Å². The molecule has 102 valence electrons. The van der Waals surface area contributed by atoms with Gasteiger partial charge in [-0.05, 0) is 19.8 Å². The summed E-state index contributed by atoms with van der Waals surface area (Å²) in [4.78, 5) is 1.68. The highest BCUT2D eigenvalue weighted by atomic mass is 19.1. The van der Waals surface area contributed by atoms with E-state index in [4.69, 9.17) is 10.5 Å². The third-order valence-electron chi connectivity index (χ3n) is 2.79. The second-order valence-electron chi connectivity index (χ2n) is 4.48. The average Bonchev–Trinajstić information content (AvgIpc) is 2.30. The van der Waals surface area contributed by atoms with Crippen molar-refractivity contribution in [1.29, 1.82) is 0 Å². The van der Waals surface area contributed by atoms with Gasteiger partial charge in [0.25, 0.3) is 0 Å². The van der Waals surface area contributed by atoms with Crippen LogP contribution in [0.25, 0.3) is 0 Å². The first-order valence-corrected chi connectivity index (χ1v) is 5.95. The summed E-state index contributed by atoms with van der Waals surface area (Å²) < 4.78 is 32.0. The summed E-state index contributed by atoms with van der Waals surface area (Å²) in [5.41, 5.74) is 5.87. The number of rotatable bonds is 6. The molecule has 0 fully saturated rings. The van der Waals surface area contributed by atoms with Crippen LogP contribution in [-0.4, -0.2) is 26.7 Å². The summed E-state index contributed by atoms with van der Waals surface area (Å²) in [5.74, 6) is -1.13. The van der Waals surface area contributed by atoms with Gasteiger partial charge in [-0.15, -0.1) is 0 Å². The zero-order valence-electron chi connectivity index (χ0n) is 11.0. The predicted molar refractivity (Wildman–Crippen MR) is 69.1 cm³/mol. The van der Waals surface area contributed by atoms with Crippen molar-refractivity contribution < 1.29 is 13.5 Å². The van der Waals surface area contributed by atoms with Crippen molar-refractivity contribution in [2.24, 2.45) is 5.73 Å². The van der Waals surface area contributed by atoms with E-state index in [1.165, 1.54) is 7.11 Å². The molecular weight excluding hydrogens is 238 g/mol. The molecule has 0 saturated heterocycles.